The number of ether oxygens (including phenoxy) is 1. The van der Waals surface area contributed by atoms with Crippen molar-refractivity contribution in [2.75, 3.05) is 26.2 Å². The number of ketones is 1. The minimum Gasteiger partial charge on any atom is -0.444 e. The van der Waals surface area contributed by atoms with Crippen molar-refractivity contribution in [3.05, 3.63) is 0 Å². The fourth-order valence-electron chi connectivity index (χ4n) is 2.84. The van der Waals surface area contributed by atoms with E-state index in [2.05, 4.69) is 0 Å². The first kappa shape index (κ1) is 17.6. The van der Waals surface area contributed by atoms with Crippen LogP contribution >= 0.6 is 0 Å². The summed E-state index contributed by atoms with van der Waals surface area (Å²) in [6.07, 6.45) is -5.56. The van der Waals surface area contributed by atoms with E-state index in [1.165, 1.54) is 4.90 Å². The largest absolute Gasteiger partial charge is 0.471 e. The molecule has 0 radical (unpaired) electrons. The second-order valence-electron chi connectivity index (χ2n) is 6.89. The Bertz CT molecular complexity index is 509. The monoisotopic (exact) mass is 336 g/mol. The normalized spacial score (nSPS) is 25.4. The number of hydrogen-bond acceptors (Lipinski definition) is 4. The van der Waals surface area contributed by atoms with Crippen LogP contribution in [0.3, 0.4) is 0 Å². The third kappa shape index (κ3) is 3.94. The number of fused-ring (bicyclic) bond motifs is 2. The molecule has 2 saturated heterocycles. The van der Waals surface area contributed by atoms with Crippen LogP contribution in [-0.2, 0) is 14.3 Å². The molecule has 2 heterocycles. The molecule has 2 aliphatic heterocycles. The first-order chi connectivity index (χ1) is 10.4. The molecule has 0 saturated carbocycles. The maximum absolute atomic E-state index is 12.5. The summed E-state index contributed by atoms with van der Waals surface area (Å²) in [5.41, 5.74) is -0.702. The first-order valence-electron chi connectivity index (χ1n) is 7.26. The molecule has 6 nitrogen and oxygen atoms in total. The first-order valence-corrected chi connectivity index (χ1v) is 7.26. The van der Waals surface area contributed by atoms with E-state index in [0.29, 0.717) is 4.90 Å². The Morgan fingerprint density at radius 1 is 1.00 bits per heavy atom. The summed E-state index contributed by atoms with van der Waals surface area (Å²) >= 11 is 0. The van der Waals surface area contributed by atoms with E-state index >= 15 is 0 Å². The van der Waals surface area contributed by atoms with Crippen LogP contribution in [0.2, 0.25) is 0 Å². The summed E-state index contributed by atoms with van der Waals surface area (Å²) in [6, 6.07) is 0. The minimum atomic E-state index is -4.96. The number of alkyl halides is 3. The maximum atomic E-state index is 12.5. The van der Waals surface area contributed by atoms with Crippen molar-refractivity contribution in [2.45, 2.75) is 32.5 Å². The SMILES string of the molecule is CC(C)(C)OC(=O)N1CC2CN(C(=O)C(F)(F)F)CC(C1)C2=O. The van der Waals surface area contributed by atoms with E-state index in [0.717, 1.165) is 0 Å². The van der Waals surface area contributed by atoms with Gasteiger partial charge in [0, 0.05) is 26.2 Å². The van der Waals surface area contributed by atoms with Crippen molar-refractivity contribution in [3.8, 4) is 0 Å². The standard InChI is InChI=1S/C14H19F3N2O4/c1-13(2,3)23-12(22)19-6-8-4-18(11(21)14(15,16)17)5-9(7-19)10(8)20/h8-9H,4-7H2,1-3H3. The molecule has 2 bridgehead atoms. The lowest BCUT2D eigenvalue weighted by molar-refractivity contribution is -0.189. The van der Waals surface area contributed by atoms with Crippen LogP contribution in [-0.4, -0.2) is 65.5 Å². The number of nitrogens with zero attached hydrogens (tertiary/aromatic N) is 2. The second kappa shape index (κ2) is 5.68. The number of hydrogen-bond donors (Lipinski definition) is 0. The van der Waals surface area contributed by atoms with E-state index in [-0.39, 0.29) is 32.0 Å². The Morgan fingerprint density at radius 2 is 1.43 bits per heavy atom. The Morgan fingerprint density at radius 3 is 1.83 bits per heavy atom. The summed E-state index contributed by atoms with van der Waals surface area (Å²) in [5, 5.41) is 0. The summed E-state index contributed by atoms with van der Waals surface area (Å²) in [6.45, 7) is 4.37. The number of amides is 2. The highest BCUT2D eigenvalue weighted by Crippen LogP contribution is 2.29. The van der Waals surface area contributed by atoms with Crippen LogP contribution in [0.25, 0.3) is 0 Å². The van der Waals surface area contributed by atoms with Gasteiger partial charge in [0.1, 0.15) is 11.4 Å². The summed E-state index contributed by atoms with van der Waals surface area (Å²) in [4.78, 5) is 37.5. The van der Waals surface area contributed by atoms with Crippen molar-refractivity contribution in [1.29, 1.82) is 0 Å². The van der Waals surface area contributed by atoms with E-state index in [9.17, 15) is 27.6 Å². The molecule has 0 spiro atoms. The van der Waals surface area contributed by atoms with Gasteiger partial charge in [-0.15, -0.1) is 0 Å². The molecule has 23 heavy (non-hydrogen) atoms. The fraction of sp³-hybridized carbons (Fsp3) is 0.786. The maximum Gasteiger partial charge on any atom is 0.471 e. The van der Waals surface area contributed by atoms with Gasteiger partial charge in [-0.25, -0.2) is 4.79 Å². The number of rotatable bonds is 0. The Labute approximate surface area is 131 Å². The van der Waals surface area contributed by atoms with Crippen LogP contribution < -0.4 is 0 Å². The van der Waals surface area contributed by atoms with Crippen molar-refractivity contribution in [1.82, 2.24) is 9.80 Å². The van der Waals surface area contributed by atoms with Gasteiger partial charge in [0.2, 0.25) is 0 Å². The average Bonchev–Trinajstić information content (AvgIpc) is 2.34. The zero-order valence-corrected chi connectivity index (χ0v) is 13.1. The molecule has 0 N–H and O–H groups in total. The highest BCUT2D eigenvalue weighted by Gasteiger charge is 2.49. The lowest BCUT2D eigenvalue weighted by Gasteiger charge is -2.44. The van der Waals surface area contributed by atoms with Gasteiger partial charge in [0.25, 0.3) is 0 Å². The number of Topliss-reactive ketones (excluding diaryl/α,β-unsaturated/α-hetero) is 1. The van der Waals surface area contributed by atoms with Crippen LogP contribution in [0, 0.1) is 11.8 Å². The van der Waals surface area contributed by atoms with E-state index in [4.69, 9.17) is 4.74 Å². The lowest BCUT2D eigenvalue weighted by atomic mass is 9.83. The molecule has 130 valence electrons. The zero-order chi connectivity index (χ0) is 17.6. The van der Waals surface area contributed by atoms with Crippen molar-refractivity contribution >= 4 is 17.8 Å². The molecule has 0 aliphatic carbocycles. The minimum absolute atomic E-state index is 0.0358. The lowest BCUT2D eigenvalue weighted by Crippen LogP contribution is -2.61. The molecule has 0 aromatic rings. The van der Waals surface area contributed by atoms with Crippen LogP contribution in [0.5, 0.6) is 0 Å². The Kier molecular flexibility index (Phi) is 4.34. The van der Waals surface area contributed by atoms with Gasteiger partial charge in [-0.05, 0) is 20.8 Å². The molecule has 0 aromatic heterocycles. The van der Waals surface area contributed by atoms with Gasteiger partial charge < -0.3 is 14.5 Å². The van der Waals surface area contributed by atoms with Gasteiger partial charge in [0.05, 0.1) is 11.8 Å². The van der Waals surface area contributed by atoms with Gasteiger partial charge >= 0.3 is 18.2 Å². The molecule has 2 aliphatic rings. The third-order valence-electron chi connectivity index (χ3n) is 3.75. The topological polar surface area (TPSA) is 66.9 Å². The summed E-state index contributed by atoms with van der Waals surface area (Å²) in [5.74, 6) is -3.75. The van der Waals surface area contributed by atoms with Crippen LogP contribution in [0.1, 0.15) is 20.8 Å². The average molecular weight is 336 g/mol. The van der Waals surface area contributed by atoms with E-state index in [1.807, 2.05) is 0 Å². The third-order valence-corrected chi connectivity index (χ3v) is 3.75. The zero-order valence-electron chi connectivity index (χ0n) is 13.1. The van der Waals surface area contributed by atoms with Crippen molar-refractivity contribution in [2.24, 2.45) is 11.8 Å². The molecule has 0 aromatic carbocycles. The number of carbonyl (C=O) groups excluding carboxylic acids is 3. The van der Waals surface area contributed by atoms with Crippen molar-refractivity contribution < 1.29 is 32.3 Å². The fourth-order valence-corrected chi connectivity index (χ4v) is 2.84. The van der Waals surface area contributed by atoms with Gasteiger partial charge in [0.15, 0.2) is 0 Å². The molecule has 2 atom stereocenters. The molecular formula is C14H19F3N2O4. The van der Waals surface area contributed by atoms with Gasteiger partial charge in [-0.2, -0.15) is 13.2 Å². The van der Waals surface area contributed by atoms with E-state index < -0.39 is 35.6 Å². The Balaban J connectivity index is 2.07. The highest BCUT2D eigenvalue weighted by molar-refractivity contribution is 5.90. The predicted molar refractivity (Wildman–Crippen MR) is 72.4 cm³/mol. The highest BCUT2D eigenvalue weighted by atomic mass is 19.4. The smallest absolute Gasteiger partial charge is 0.444 e. The molecule has 2 unspecified atom stereocenters. The summed E-state index contributed by atoms with van der Waals surface area (Å²) in [7, 11) is 0. The second-order valence-corrected chi connectivity index (χ2v) is 6.89. The van der Waals surface area contributed by atoms with Gasteiger partial charge in [-0.3, -0.25) is 9.59 Å². The molecule has 2 fully saturated rings. The quantitative estimate of drug-likeness (QED) is 0.671. The molecule has 9 heteroatoms. The van der Waals surface area contributed by atoms with Crippen LogP contribution in [0.4, 0.5) is 18.0 Å². The van der Waals surface area contributed by atoms with Crippen molar-refractivity contribution in [3.63, 3.8) is 0 Å². The molecular weight excluding hydrogens is 317 g/mol. The molecule has 2 rings (SSSR count). The number of likely N-dealkylation sites (tertiary alicyclic amines) is 2. The summed E-state index contributed by atoms with van der Waals surface area (Å²) < 4.78 is 42.8. The predicted octanol–water partition coefficient (Wildman–Crippen LogP) is 1.44. The number of halogens is 3. The Hall–Kier alpha value is -1.80. The molecule has 2 amide bonds. The van der Waals surface area contributed by atoms with Crippen LogP contribution in [0.15, 0.2) is 0 Å². The number of carbonyl (C=O) groups is 3. The number of piperidine rings is 2. The van der Waals surface area contributed by atoms with E-state index in [1.54, 1.807) is 20.8 Å². The van der Waals surface area contributed by atoms with Gasteiger partial charge in [-0.1, -0.05) is 0 Å².